The van der Waals surface area contributed by atoms with E-state index in [2.05, 4.69) is 5.32 Å². The third-order valence-electron chi connectivity index (χ3n) is 5.09. The fourth-order valence-electron chi connectivity index (χ4n) is 3.34. The van der Waals surface area contributed by atoms with E-state index in [-0.39, 0.29) is 17.2 Å². The van der Waals surface area contributed by atoms with Gasteiger partial charge in [-0.2, -0.15) is 4.31 Å². The van der Waals surface area contributed by atoms with Gasteiger partial charge >= 0.3 is 0 Å². The Morgan fingerprint density at radius 1 is 1.07 bits per heavy atom. The quantitative estimate of drug-likeness (QED) is 0.742. The number of nitrogens with one attached hydrogen (secondary N) is 1. The summed E-state index contributed by atoms with van der Waals surface area (Å²) in [5.41, 5.74) is 1.33. The maximum Gasteiger partial charge on any atom is 0.243 e. The molecule has 2 aromatic carbocycles. The van der Waals surface area contributed by atoms with Gasteiger partial charge in [-0.3, -0.25) is 4.79 Å². The van der Waals surface area contributed by atoms with Crippen LogP contribution in [0.1, 0.15) is 43.4 Å². The Bertz CT molecular complexity index is 972. The molecule has 0 saturated carbocycles. The fourth-order valence-corrected chi connectivity index (χ4v) is 4.86. The maximum absolute atomic E-state index is 13.3. The minimum Gasteiger partial charge on any atom is -0.350 e. The standard InChI is InChI=1S/C21H24F2N2O3S/c1-15(17-7-10-19(22)20(23)14-17)24-21(26)11-6-16-4-8-18(9-5-16)29(27,28)25-12-2-3-13-25/h4-5,7-10,14-15H,2-3,6,11-13H2,1H3,(H,24,26)/t15-/m0/s1. The predicted molar refractivity (Wildman–Crippen MR) is 106 cm³/mol. The van der Waals surface area contributed by atoms with Crippen LogP contribution in [-0.4, -0.2) is 31.7 Å². The second-order valence-electron chi connectivity index (χ2n) is 7.22. The summed E-state index contributed by atoms with van der Waals surface area (Å²) in [6.45, 7) is 2.81. The van der Waals surface area contributed by atoms with Crippen LogP contribution in [0.25, 0.3) is 0 Å². The van der Waals surface area contributed by atoms with E-state index in [1.807, 2.05) is 0 Å². The smallest absolute Gasteiger partial charge is 0.243 e. The first-order valence-electron chi connectivity index (χ1n) is 9.61. The van der Waals surface area contributed by atoms with Crippen LogP contribution < -0.4 is 5.32 Å². The monoisotopic (exact) mass is 422 g/mol. The van der Waals surface area contributed by atoms with Crippen molar-refractivity contribution in [2.45, 2.75) is 43.5 Å². The first-order valence-corrected chi connectivity index (χ1v) is 11.0. The van der Waals surface area contributed by atoms with Crippen molar-refractivity contribution in [2.75, 3.05) is 13.1 Å². The Hall–Kier alpha value is -2.32. The summed E-state index contributed by atoms with van der Waals surface area (Å²) in [5.74, 6) is -2.11. The lowest BCUT2D eigenvalue weighted by Crippen LogP contribution is -2.28. The zero-order chi connectivity index (χ0) is 21.0. The van der Waals surface area contributed by atoms with Crippen LogP contribution >= 0.6 is 0 Å². The number of carbonyl (C=O) groups excluding carboxylic acids is 1. The normalized spacial score (nSPS) is 16.0. The lowest BCUT2D eigenvalue weighted by atomic mass is 10.1. The van der Waals surface area contributed by atoms with E-state index in [0.717, 1.165) is 30.5 Å². The van der Waals surface area contributed by atoms with Crippen molar-refractivity contribution >= 4 is 15.9 Å². The molecule has 1 aliphatic heterocycles. The molecule has 1 saturated heterocycles. The van der Waals surface area contributed by atoms with E-state index in [0.29, 0.717) is 25.1 Å². The second kappa shape index (κ2) is 9.00. The summed E-state index contributed by atoms with van der Waals surface area (Å²) in [6.07, 6.45) is 2.41. The molecule has 1 heterocycles. The predicted octanol–water partition coefficient (Wildman–Crippen LogP) is 3.56. The van der Waals surface area contributed by atoms with Gasteiger partial charge in [-0.1, -0.05) is 18.2 Å². The Morgan fingerprint density at radius 3 is 2.34 bits per heavy atom. The largest absolute Gasteiger partial charge is 0.350 e. The number of benzene rings is 2. The zero-order valence-electron chi connectivity index (χ0n) is 16.2. The number of hydrogen-bond donors (Lipinski definition) is 1. The topological polar surface area (TPSA) is 66.5 Å². The molecule has 8 heteroatoms. The average Bonchev–Trinajstić information content (AvgIpc) is 3.24. The van der Waals surface area contributed by atoms with Crippen LogP contribution in [0.5, 0.6) is 0 Å². The molecule has 1 atom stereocenters. The van der Waals surface area contributed by atoms with Gasteiger partial charge < -0.3 is 5.32 Å². The molecule has 2 aromatic rings. The van der Waals surface area contributed by atoms with Crippen molar-refractivity contribution in [3.8, 4) is 0 Å². The summed E-state index contributed by atoms with van der Waals surface area (Å²) in [5, 5.41) is 2.76. The van der Waals surface area contributed by atoms with Crippen LogP contribution in [-0.2, 0) is 21.2 Å². The number of hydrogen-bond acceptors (Lipinski definition) is 3. The van der Waals surface area contributed by atoms with Crippen LogP contribution in [0, 0.1) is 11.6 Å². The summed E-state index contributed by atoms with van der Waals surface area (Å²) in [4.78, 5) is 12.4. The highest BCUT2D eigenvalue weighted by Gasteiger charge is 2.26. The molecule has 1 fully saturated rings. The zero-order valence-corrected chi connectivity index (χ0v) is 17.0. The van der Waals surface area contributed by atoms with E-state index in [1.165, 1.54) is 10.4 Å². The van der Waals surface area contributed by atoms with Gasteiger partial charge in [0.05, 0.1) is 10.9 Å². The van der Waals surface area contributed by atoms with Crippen LogP contribution in [0.3, 0.4) is 0 Å². The van der Waals surface area contributed by atoms with Crippen molar-refractivity contribution in [1.29, 1.82) is 0 Å². The summed E-state index contributed by atoms with van der Waals surface area (Å²) >= 11 is 0. The van der Waals surface area contributed by atoms with E-state index < -0.39 is 27.7 Å². The molecule has 5 nitrogen and oxygen atoms in total. The van der Waals surface area contributed by atoms with Crippen molar-refractivity contribution in [3.63, 3.8) is 0 Å². The van der Waals surface area contributed by atoms with Gasteiger partial charge in [0, 0.05) is 19.5 Å². The maximum atomic E-state index is 13.3. The molecule has 1 N–H and O–H groups in total. The molecule has 3 rings (SSSR count). The van der Waals surface area contributed by atoms with Crippen molar-refractivity contribution < 1.29 is 22.0 Å². The molecule has 1 amide bonds. The van der Waals surface area contributed by atoms with E-state index in [1.54, 1.807) is 31.2 Å². The Balaban J connectivity index is 1.54. The van der Waals surface area contributed by atoms with E-state index >= 15 is 0 Å². The second-order valence-corrected chi connectivity index (χ2v) is 9.16. The van der Waals surface area contributed by atoms with Gasteiger partial charge in [0.25, 0.3) is 0 Å². The van der Waals surface area contributed by atoms with Gasteiger partial charge in [0.2, 0.25) is 15.9 Å². The summed E-state index contributed by atoms with van der Waals surface area (Å²) < 4.78 is 52.9. The van der Waals surface area contributed by atoms with E-state index in [4.69, 9.17) is 0 Å². The molecule has 0 radical (unpaired) electrons. The summed E-state index contributed by atoms with van der Waals surface area (Å²) in [7, 11) is -3.44. The molecule has 0 aliphatic carbocycles. The first kappa shape index (κ1) is 21.4. The van der Waals surface area contributed by atoms with Gasteiger partial charge in [-0.25, -0.2) is 17.2 Å². The van der Waals surface area contributed by atoms with Gasteiger partial charge in [-0.05, 0) is 61.6 Å². The molecule has 0 spiro atoms. The molecule has 1 aliphatic rings. The highest BCUT2D eigenvalue weighted by molar-refractivity contribution is 7.89. The molecule has 0 aromatic heterocycles. The minimum absolute atomic E-state index is 0.201. The third kappa shape index (κ3) is 5.19. The van der Waals surface area contributed by atoms with E-state index in [9.17, 15) is 22.0 Å². The molecule has 156 valence electrons. The number of carbonyl (C=O) groups is 1. The number of rotatable bonds is 7. The van der Waals surface area contributed by atoms with Crippen LogP contribution in [0.15, 0.2) is 47.4 Å². The molecular weight excluding hydrogens is 398 g/mol. The SMILES string of the molecule is C[C@H](NC(=O)CCc1ccc(S(=O)(=O)N2CCCC2)cc1)c1ccc(F)c(F)c1. The van der Waals surface area contributed by atoms with Crippen molar-refractivity contribution in [2.24, 2.45) is 0 Å². The number of aryl methyl sites for hydroxylation is 1. The number of halogens is 2. The molecule has 0 unspecified atom stereocenters. The molecular formula is C21H24F2N2O3S. The average molecular weight is 422 g/mol. The highest BCUT2D eigenvalue weighted by Crippen LogP contribution is 2.21. The molecule has 0 bridgehead atoms. The summed E-state index contributed by atoms with van der Waals surface area (Å²) in [6, 6.07) is 9.67. The number of nitrogens with zero attached hydrogens (tertiary/aromatic N) is 1. The van der Waals surface area contributed by atoms with Crippen molar-refractivity contribution in [3.05, 3.63) is 65.2 Å². The highest BCUT2D eigenvalue weighted by atomic mass is 32.2. The van der Waals surface area contributed by atoms with Crippen molar-refractivity contribution in [1.82, 2.24) is 9.62 Å². The Morgan fingerprint density at radius 2 is 1.72 bits per heavy atom. The third-order valence-corrected chi connectivity index (χ3v) is 7.00. The lowest BCUT2D eigenvalue weighted by molar-refractivity contribution is -0.121. The number of amides is 1. The number of sulfonamides is 1. The van der Waals surface area contributed by atoms with Gasteiger partial charge in [-0.15, -0.1) is 0 Å². The lowest BCUT2D eigenvalue weighted by Gasteiger charge is -2.16. The Labute approximate surface area is 169 Å². The van der Waals surface area contributed by atoms with Gasteiger partial charge in [0.1, 0.15) is 0 Å². The van der Waals surface area contributed by atoms with Gasteiger partial charge in [0.15, 0.2) is 11.6 Å². The fraction of sp³-hybridized carbons (Fsp3) is 0.381. The Kier molecular flexibility index (Phi) is 6.64. The first-order chi connectivity index (χ1) is 13.8. The molecule has 29 heavy (non-hydrogen) atoms. The van der Waals surface area contributed by atoms with Crippen LogP contribution in [0.2, 0.25) is 0 Å². The van der Waals surface area contributed by atoms with Crippen LogP contribution in [0.4, 0.5) is 8.78 Å². The minimum atomic E-state index is -3.44.